The smallest absolute Gasteiger partial charge is 0.187 e. The standard InChI is InChI=1S/C28H27ClN2O3.ClH/c29-25-10-6-22(7-11-25)14-15-28(20-31-17-16-30-21-31)33-19-27(34-28)18-32-26-12-8-24(9-13-26)23-4-2-1-3-5-23;/h1-13,16-17,21,27H,14-15,18-20H2;1H. The third-order valence-electron chi connectivity index (χ3n) is 6.00. The van der Waals surface area contributed by atoms with Crippen molar-refractivity contribution in [3.8, 4) is 16.9 Å². The van der Waals surface area contributed by atoms with Gasteiger partial charge in [0.25, 0.3) is 0 Å². The summed E-state index contributed by atoms with van der Waals surface area (Å²) in [5.74, 6) is 0.0856. The molecule has 3 aromatic carbocycles. The van der Waals surface area contributed by atoms with Gasteiger partial charge in [-0.25, -0.2) is 4.98 Å². The molecule has 5 nitrogen and oxygen atoms in total. The molecule has 4 aromatic rings. The third kappa shape index (κ3) is 6.65. The molecule has 0 bridgehead atoms. The number of imidazole rings is 1. The molecule has 1 aliphatic rings. The van der Waals surface area contributed by atoms with Crippen molar-refractivity contribution in [2.75, 3.05) is 13.2 Å². The van der Waals surface area contributed by atoms with Crippen molar-refractivity contribution in [3.05, 3.63) is 108 Å². The Labute approximate surface area is 217 Å². The molecule has 0 N–H and O–H groups in total. The van der Waals surface area contributed by atoms with Crippen molar-refractivity contribution in [3.63, 3.8) is 0 Å². The minimum absolute atomic E-state index is 0. The SMILES string of the molecule is Cl.Clc1ccc(CCC2(Cn3ccnc3)OCC(COc3ccc(-c4ccccc4)cc3)O2)cc1. The number of halogens is 2. The van der Waals surface area contributed by atoms with Crippen molar-refractivity contribution < 1.29 is 14.2 Å². The predicted molar refractivity (Wildman–Crippen MR) is 140 cm³/mol. The van der Waals surface area contributed by atoms with Crippen LogP contribution in [0.25, 0.3) is 11.1 Å². The van der Waals surface area contributed by atoms with Crippen molar-refractivity contribution in [1.82, 2.24) is 9.55 Å². The maximum atomic E-state index is 6.46. The Morgan fingerprint density at radius 1 is 0.971 bits per heavy atom. The van der Waals surface area contributed by atoms with Crippen LogP contribution in [0.5, 0.6) is 5.75 Å². The van der Waals surface area contributed by atoms with Gasteiger partial charge in [0.2, 0.25) is 0 Å². The fraction of sp³-hybridized carbons (Fsp3) is 0.250. The summed E-state index contributed by atoms with van der Waals surface area (Å²) in [5.41, 5.74) is 3.54. The molecule has 35 heavy (non-hydrogen) atoms. The van der Waals surface area contributed by atoms with Crippen LogP contribution in [0.2, 0.25) is 5.02 Å². The fourth-order valence-corrected chi connectivity index (χ4v) is 4.33. The molecule has 0 radical (unpaired) electrons. The molecule has 1 aromatic heterocycles. The van der Waals surface area contributed by atoms with Crippen molar-refractivity contribution in [1.29, 1.82) is 0 Å². The van der Waals surface area contributed by atoms with Crippen LogP contribution in [-0.4, -0.2) is 34.7 Å². The van der Waals surface area contributed by atoms with E-state index < -0.39 is 5.79 Å². The van der Waals surface area contributed by atoms with Gasteiger partial charge in [0.05, 0.1) is 19.5 Å². The van der Waals surface area contributed by atoms with Crippen LogP contribution < -0.4 is 4.74 Å². The predicted octanol–water partition coefficient (Wildman–Crippen LogP) is 6.45. The van der Waals surface area contributed by atoms with E-state index in [2.05, 4.69) is 29.2 Å². The van der Waals surface area contributed by atoms with E-state index in [0.717, 1.165) is 29.2 Å². The van der Waals surface area contributed by atoms with Crippen molar-refractivity contribution in [2.24, 2.45) is 0 Å². The zero-order chi connectivity index (χ0) is 23.2. The lowest BCUT2D eigenvalue weighted by Gasteiger charge is -2.28. The van der Waals surface area contributed by atoms with E-state index >= 15 is 0 Å². The molecule has 0 amide bonds. The largest absolute Gasteiger partial charge is 0.491 e. The molecule has 182 valence electrons. The second-order valence-electron chi connectivity index (χ2n) is 8.52. The molecule has 2 unspecified atom stereocenters. The number of aromatic nitrogens is 2. The molecule has 0 spiro atoms. The van der Waals surface area contributed by atoms with Gasteiger partial charge in [0, 0.05) is 23.8 Å². The Morgan fingerprint density at radius 2 is 1.71 bits per heavy atom. The van der Waals surface area contributed by atoms with E-state index in [1.807, 2.05) is 65.4 Å². The highest BCUT2D eigenvalue weighted by molar-refractivity contribution is 6.30. The lowest BCUT2D eigenvalue weighted by Crippen LogP contribution is -2.37. The Kier molecular flexibility index (Phi) is 8.47. The quantitative estimate of drug-likeness (QED) is 0.259. The maximum Gasteiger partial charge on any atom is 0.187 e. The monoisotopic (exact) mass is 510 g/mol. The minimum Gasteiger partial charge on any atom is -0.491 e. The van der Waals surface area contributed by atoms with E-state index in [1.54, 1.807) is 12.5 Å². The lowest BCUT2D eigenvalue weighted by atomic mass is 10.0. The van der Waals surface area contributed by atoms with E-state index in [1.165, 1.54) is 11.1 Å². The van der Waals surface area contributed by atoms with Crippen LogP contribution in [-0.2, 0) is 22.4 Å². The lowest BCUT2D eigenvalue weighted by molar-refractivity contribution is -0.184. The summed E-state index contributed by atoms with van der Waals surface area (Å²) in [4.78, 5) is 4.16. The van der Waals surface area contributed by atoms with Gasteiger partial charge in [-0.15, -0.1) is 12.4 Å². The van der Waals surface area contributed by atoms with Crippen LogP contribution in [0.4, 0.5) is 0 Å². The van der Waals surface area contributed by atoms with E-state index in [0.29, 0.717) is 19.8 Å². The van der Waals surface area contributed by atoms with Crippen molar-refractivity contribution in [2.45, 2.75) is 31.3 Å². The van der Waals surface area contributed by atoms with E-state index in [-0.39, 0.29) is 18.5 Å². The number of nitrogens with zero attached hydrogens (tertiary/aromatic N) is 2. The Bertz CT molecular complexity index is 1170. The fourth-order valence-electron chi connectivity index (χ4n) is 4.20. The van der Waals surface area contributed by atoms with Crippen LogP contribution >= 0.6 is 24.0 Å². The maximum absolute atomic E-state index is 6.46. The molecule has 5 rings (SSSR count). The van der Waals surface area contributed by atoms with Gasteiger partial charge in [-0.3, -0.25) is 0 Å². The summed E-state index contributed by atoms with van der Waals surface area (Å²) >= 11 is 6.03. The normalized spacial score (nSPS) is 19.3. The molecule has 7 heteroatoms. The Balaban J connectivity index is 0.00000289. The van der Waals surface area contributed by atoms with Gasteiger partial charge in [-0.1, -0.05) is 66.2 Å². The highest BCUT2D eigenvalue weighted by Gasteiger charge is 2.42. The first kappa shape index (κ1) is 25.3. The molecule has 0 aliphatic carbocycles. The summed E-state index contributed by atoms with van der Waals surface area (Å²) in [6.45, 7) is 1.48. The molecule has 1 aliphatic heterocycles. The topological polar surface area (TPSA) is 45.5 Å². The number of hydrogen-bond acceptors (Lipinski definition) is 4. The van der Waals surface area contributed by atoms with Gasteiger partial charge in [-0.05, 0) is 47.4 Å². The van der Waals surface area contributed by atoms with Crippen LogP contribution in [0.1, 0.15) is 12.0 Å². The number of ether oxygens (including phenoxy) is 3. The number of hydrogen-bond donors (Lipinski definition) is 0. The molecule has 0 saturated carbocycles. The van der Waals surface area contributed by atoms with Crippen LogP contribution in [0.3, 0.4) is 0 Å². The Hall–Kier alpha value is -2.83. The van der Waals surface area contributed by atoms with Gasteiger partial charge >= 0.3 is 0 Å². The first-order valence-corrected chi connectivity index (χ1v) is 11.9. The highest BCUT2D eigenvalue weighted by atomic mass is 35.5. The molecule has 1 fully saturated rings. The molecular formula is C28H28Cl2N2O3. The first-order valence-electron chi connectivity index (χ1n) is 11.5. The van der Waals surface area contributed by atoms with Gasteiger partial charge in [0.15, 0.2) is 5.79 Å². The molecule has 2 heterocycles. The average molecular weight is 511 g/mol. The second kappa shape index (κ2) is 11.7. The second-order valence-corrected chi connectivity index (χ2v) is 8.96. The Morgan fingerprint density at radius 3 is 2.43 bits per heavy atom. The first-order chi connectivity index (χ1) is 16.7. The zero-order valence-electron chi connectivity index (χ0n) is 19.3. The molecule has 2 atom stereocenters. The molecular weight excluding hydrogens is 483 g/mol. The van der Waals surface area contributed by atoms with Crippen LogP contribution in [0.15, 0.2) is 97.6 Å². The third-order valence-corrected chi connectivity index (χ3v) is 6.25. The summed E-state index contributed by atoms with van der Waals surface area (Å²) in [7, 11) is 0. The van der Waals surface area contributed by atoms with Gasteiger partial charge < -0.3 is 18.8 Å². The number of rotatable bonds is 9. The van der Waals surface area contributed by atoms with Gasteiger partial charge in [-0.2, -0.15) is 0 Å². The minimum atomic E-state index is -0.731. The zero-order valence-corrected chi connectivity index (χ0v) is 20.8. The van der Waals surface area contributed by atoms with Crippen LogP contribution in [0, 0.1) is 0 Å². The summed E-state index contributed by atoms with van der Waals surface area (Å²) < 4.78 is 20.8. The highest BCUT2D eigenvalue weighted by Crippen LogP contribution is 2.32. The molecule has 1 saturated heterocycles. The summed E-state index contributed by atoms with van der Waals surface area (Å²) in [5, 5.41) is 0.735. The number of aryl methyl sites for hydroxylation is 1. The average Bonchev–Trinajstić information content (AvgIpc) is 3.54. The summed E-state index contributed by atoms with van der Waals surface area (Å²) in [6, 6.07) is 26.4. The van der Waals surface area contributed by atoms with Crippen molar-refractivity contribution >= 4 is 24.0 Å². The van der Waals surface area contributed by atoms with Gasteiger partial charge in [0.1, 0.15) is 18.5 Å². The van der Waals surface area contributed by atoms with E-state index in [9.17, 15) is 0 Å². The number of benzene rings is 3. The summed E-state index contributed by atoms with van der Waals surface area (Å²) in [6.07, 6.45) is 6.86. The van der Waals surface area contributed by atoms with E-state index in [4.69, 9.17) is 25.8 Å².